The quantitative estimate of drug-likeness (QED) is 0.695. The molecule has 1 nitrogen and oxygen atoms in total. The molecular formula is C20H29NSi. The Morgan fingerprint density at radius 1 is 0.727 bits per heavy atom. The third-order valence-corrected chi connectivity index (χ3v) is 6.31. The van der Waals surface area contributed by atoms with E-state index in [1.807, 2.05) is 0 Å². The monoisotopic (exact) mass is 311 g/mol. The molecule has 22 heavy (non-hydrogen) atoms. The Hall–Kier alpha value is -1.54. The minimum absolute atomic E-state index is 0.204. The van der Waals surface area contributed by atoms with Crippen LogP contribution in [0, 0.1) is 0 Å². The molecule has 0 bridgehead atoms. The highest BCUT2D eigenvalue weighted by Gasteiger charge is 2.17. The van der Waals surface area contributed by atoms with Gasteiger partial charge in [-0.05, 0) is 35.2 Å². The molecule has 2 aromatic rings. The van der Waals surface area contributed by atoms with Gasteiger partial charge in [-0.3, -0.25) is 0 Å². The van der Waals surface area contributed by atoms with Crippen molar-refractivity contribution < 1.29 is 0 Å². The van der Waals surface area contributed by atoms with Crippen LogP contribution < -0.4 is 10.1 Å². The number of rotatable bonds is 3. The number of hydrogen-bond donors (Lipinski definition) is 0. The first kappa shape index (κ1) is 16.8. The molecule has 0 saturated carbocycles. The van der Waals surface area contributed by atoms with Gasteiger partial charge in [0.25, 0.3) is 0 Å². The molecule has 118 valence electrons. The van der Waals surface area contributed by atoms with Gasteiger partial charge in [0.05, 0.1) is 8.07 Å². The fourth-order valence-corrected chi connectivity index (χ4v) is 3.69. The Morgan fingerprint density at radius 3 is 1.50 bits per heavy atom. The van der Waals surface area contributed by atoms with Crippen molar-refractivity contribution >= 4 is 24.6 Å². The summed E-state index contributed by atoms with van der Waals surface area (Å²) in [5, 5.41) is 1.51. The Balaban J connectivity index is 2.23. The van der Waals surface area contributed by atoms with E-state index in [2.05, 4.69) is 101 Å². The van der Waals surface area contributed by atoms with Crippen LogP contribution in [0.25, 0.3) is 0 Å². The van der Waals surface area contributed by atoms with Crippen molar-refractivity contribution in [2.45, 2.75) is 45.8 Å². The van der Waals surface area contributed by atoms with Crippen molar-refractivity contribution in [1.82, 2.24) is 0 Å². The summed E-state index contributed by atoms with van der Waals surface area (Å²) in [6.45, 7) is 13.9. The summed E-state index contributed by atoms with van der Waals surface area (Å²) in [4.78, 5) is 2.25. The van der Waals surface area contributed by atoms with Gasteiger partial charge in [0.2, 0.25) is 0 Å². The maximum Gasteiger partial charge on any atom is 0.0775 e. The van der Waals surface area contributed by atoms with E-state index in [0.29, 0.717) is 0 Å². The largest absolute Gasteiger partial charge is 0.345 e. The Morgan fingerprint density at radius 2 is 1.14 bits per heavy atom. The molecule has 0 spiro atoms. The van der Waals surface area contributed by atoms with E-state index in [4.69, 9.17) is 0 Å². The summed E-state index contributed by atoms with van der Waals surface area (Å²) in [6, 6.07) is 18.0. The lowest BCUT2D eigenvalue weighted by molar-refractivity contribution is 0.590. The van der Waals surface area contributed by atoms with Crippen molar-refractivity contribution in [2.75, 3.05) is 11.9 Å². The van der Waals surface area contributed by atoms with Crippen LogP contribution in [0.4, 0.5) is 11.4 Å². The second-order valence-electron chi connectivity index (χ2n) is 8.15. The van der Waals surface area contributed by atoms with Gasteiger partial charge >= 0.3 is 0 Å². The Labute approximate surface area is 137 Å². The SMILES string of the molecule is CN(c1ccc(C(C)(C)C)cc1)c1ccc([Si](C)(C)C)cc1. The molecule has 0 aliphatic rings. The fourth-order valence-electron chi connectivity index (χ4n) is 2.52. The molecule has 0 atom stereocenters. The van der Waals surface area contributed by atoms with Crippen LogP contribution in [0.2, 0.25) is 19.6 Å². The molecule has 0 N–H and O–H groups in total. The third-order valence-electron chi connectivity index (χ3n) is 4.24. The molecule has 0 amide bonds. The van der Waals surface area contributed by atoms with E-state index in [1.165, 1.54) is 22.1 Å². The van der Waals surface area contributed by atoms with E-state index < -0.39 is 8.07 Å². The van der Waals surface area contributed by atoms with E-state index in [0.717, 1.165) is 0 Å². The van der Waals surface area contributed by atoms with Crippen molar-refractivity contribution in [2.24, 2.45) is 0 Å². The maximum absolute atomic E-state index is 2.39. The zero-order valence-electron chi connectivity index (χ0n) is 15.1. The summed E-state index contributed by atoms with van der Waals surface area (Å²) in [5.74, 6) is 0. The van der Waals surface area contributed by atoms with E-state index in [9.17, 15) is 0 Å². The molecule has 2 heteroatoms. The number of benzene rings is 2. The molecule has 0 aliphatic heterocycles. The number of anilines is 2. The predicted molar refractivity (Wildman–Crippen MR) is 103 cm³/mol. The second-order valence-corrected chi connectivity index (χ2v) is 13.2. The lowest BCUT2D eigenvalue weighted by atomic mass is 9.87. The molecule has 0 saturated heterocycles. The standard InChI is InChI=1S/C20H29NSi/c1-20(2,3)16-8-10-17(11-9-16)21(4)18-12-14-19(15-13-18)22(5,6)7/h8-15H,1-7H3. The Bertz CT molecular complexity index is 555. The first-order chi connectivity index (χ1) is 10.1. The van der Waals surface area contributed by atoms with E-state index in [1.54, 1.807) is 0 Å². The molecule has 0 aromatic heterocycles. The van der Waals surface area contributed by atoms with Crippen molar-refractivity contribution in [3.63, 3.8) is 0 Å². The number of hydrogen-bond acceptors (Lipinski definition) is 1. The molecule has 2 aromatic carbocycles. The fraction of sp³-hybridized carbons (Fsp3) is 0.400. The molecule has 2 rings (SSSR count). The first-order valence-electron chi connectivity index (χ1n) is 8.04. The van der Waals surface area contributed by atoms with Gasteiger partial charge in [-0.1, -0.05) is 69.9 Å². The average Bonchev–Trinajstić information content (AvgIpc) is 2.45. The van der Waals surface area contributed by atoms with Gasteiger partial charge in [-0.2, -0.15) is 0 Å². The summed E-state index contributed by atoms with van der Waals surface area (Å²) >= 11 is 0. The lowest BCUT2D eigenvalue weighted by Gasteiger charge is -2.24. The highest BCUT2D eigenvalue weighted by atomic mass is 28.3. The van der Waals surface area contributed by atoms with Gasteiger partial charge in [0, 0.05) is 18.4 Å². The van der Waals surface area contributed by atoms with Crippen LogP contribution in [0.1, 0.15) is 26.3 Å². The zero-order valence-corrected chi connectivity index (χ0v) is 16.1. The van der Waals surface area contributed by atoms with Crippen molar-refractivity contribution in [3.8, 4) is 0 Å². The minimum atomic E-state index is -1.22. The van der Waals surface area contributed by atoms with Crippen LogP contribution >= 0.6 is 0 Å². The van der Waals surface area contributed by atoms with E-state index in [-0.39, 0.29) is 5.41 Å². The predicted octanol–water partition coefficient (Wildman–Crippen LogP) is 5.30. The normalized spacial score (nSPS) is 12.3. The molecular weight excluding hydrogens is 282 g/mol. The van der Waals surface area contributed by atoms with Gasteiger partial charge in [-0.15, -0.1) is 0 Å². The van der Waals surface area contributed by atoms with Gasteiger partial charge in [0.15, 0.2) is 0 Å². The highest BCUT2D eigenvalue weighted by molar-refractivity contribution is 6.88. The first-order valence-corrected chi connectivity index (χ1v) is 11.5. The smallest absolute Gasteiger partial charge is 0.0775 e. The molecule has 0 heterocycles. The summed E-state index contributed by atoms with van der Waals surface area (Å²) in [6.07, 6.45) is 0. The Kier molecular flexibility index (Phi) is 4.53. The summed E-state index contributed by atoms with van der Waals surface area (Å²) in [7, 11) is 0.917. The second kappa shape index (κ2) is 5.92. The lowest BCUT2D eigenvalue weighted by Crippen LogP contribution is -2.37. The van der Waals surface area contributed by atoms with Crippen molar-refractivity contribution in [1.29, 1.82) is 0 Å². The average molecular weight is 312 g/mol. The van der Waals surface area contributed by atoms with Crippen LogP contribution in [0.15, 0.2) is 48.5 Å². The van der Waals surface area contributed by atoms with Gasteiger partial charge in [0.1, 0.15) is 0 Å². The molecule has 0 unspecified atom stereocenters. The number of nitrogens with zero attached hydrogens (tertiary/aromatic N) is 1. The maximum atomic E-state index is 2.39. The minimum Gasteiger partial charge on any atom is -0.345 e. The molecule has 0 aliphatic carbocycles. The van der Waals surface area contributed by atoms with E-state index >= 15 is 0 Å². The van der Waals surface area contributed by atoms with Gasteiger partial charge in [-0.25, -0.2) is 0 Å². The van der Waals surface area contributed by atoms with Crippen molar-refractivity contribution in [3.05, 3.63) is 54.1 Å². The topological polar surface area (TPSA) is 3.24 Å². The third kappa shape index (κ3) is 3.80. The molecule has 0 fully saturated rings. The van der Waals surface area contributed by atoms with Crippen LogP contribution in [0.3, 0.4) is 0 Å². The summed E-state index contributed by atoms with van der Waals surface area (Å²) < 4.78 is 0. The zero-order chi connectivity index (χ0) is 16.5. The van der Waals surface area contributed by atoms with Crippen LogP contribution in [0.5, 0.6) is 0 Å². The summed E-state index contributed by atoms with van der Waals surface area (Å²) in [5.41, 5.74) is 4.05. The molecule has 0 radical (unpaired) electrons. The van der Waals surface area contributed by atoms with Gasteiger partial charge < -0.3 is 4.90 Å². The van der Waals surface area contributed by atoms with Crippen LogP contribution in [-0.4, -0.2) is 15.1 Å². The highest BCUT2D eigenvalue weighted by Crippen LogP contribution is 2.27. The van der Waals surface area contributed by atoms with Crippen LogP contribution in [-0.2, 0) is 5.41 Å².